The molecule has 3 heteroatoms. The first kappa shape index (κ1) is 75.5. The molecule has 4 aliphatic carbocycles. The lowest BCUT2D eigenvalue weighted by Gasteiger charge is -2.37. The van der Waals surface area contributed by atoms with Crippen LogP contribution in [-0.2, 0) is 36.5 Å². The van der Waals surface area contributed by atoms with E-state index >= 15 is 0 Å². The third-order valence-electron chi connectivity index (χ3n) is 27.8. The number of rotatable bonds is 27. The van der Waals surface area contributed by atoms with Gasteiger partial charge >= 0.3 is 0 Å². The molecular weight excluding hydrogens is 1410 g/mol. The molecule has 20 rings (SSSR count). The fraction of sp³-hybridized carbons (Fsp3) is 0.263. The Hall–Kier alpha value is -11.5. The highest BCUT2D eigenvalue weighted by atomic mass is 16.3. The van der Waals surface area contributed by atoms with Crippen LogP contribution in [0, 0.1) is 0 Å². The van der Waals surface area contributed by atoms with Gasteiger partial charge < -0.3 is 13.9 Å². The molecule has 3 nitrogen and oxygen atoms in total. The summed E-state index contributed by atoms with van der Waals surface area (Å²) in [6, 6.07) is 115. The molecule has 2 atom stereocenters. The number of nitrogens with zero attached hydrogens (tertiary/aromatic N) is 2. The number of fused-ring (bicyclic) bond motifs is 14. The Morgan fingerprint density at radius 1 is 0.325 bits per heavy atom. The summed E-state index contributed by atoms with van der Waals surface area (Å²) in [7, 11) is 0. The molecule has 16 aromatic rings. The van der Waals surface area contributed by atoms with Crippen LogP contribution in [0.15, 0.2) is 308 Å². The van der Waals surface area contributed by atoms with Crippen molar-refractivity contribution in [2.45, 2.75) is 193 Å². The van der Waals surface area contributed by atoms with Crippen LogP contribution in [0.4, 0.5) is 17.1 Å². The van der Waals surface area contributed by atoms with Crippen molar-refractivity contribution in [3.05, 3.63) is 370 Å². The highest BCUT2D eigenvalue weighted by molar-refractivity contribution is 6.12. The van der Waals surface area contributed by atoms with Crippen molar-refractivity contribution in [3.8, 4) is 61.3 Å². The van der Waals surface area contributed by atoms with E-state index in [4.69, 9.17) is 4.42 Å². The molecule has 0 aliphatic heterocycles. The predicted molar refractivity (Wildman–Crippen MR) is 497 cm³/mol. The molecule has 2 unspecified atom stereocenters. The van der Waals surface area contributed by atoms with Crippen LogP contribution < -0.4 is 4.90 Å². The highest BCUT2D eigenvalue weighted by Gasteiger charge is 2.48. The van der Waals surface area contributed by atoms with Gasteiger partial charge in [0.05, 0.1) is 16.4 Å². The monoisotopic (exact) mass is 1520 g/mol. The first-order valence-corrected chi connectivity index (χ1v) is 44.5. The van der Waals surface area contributed by atoms with Gasteiger partial charge in [0, 0.05) is 55.3 Å². The lowest BCUT2D eigenvalue weighted by Crippen LogP contribution is -2.30. The van der Waals surface area contributed by atoms with E-state index in [0.717, 1.165) is 62.2 Å². The standard InChI is InChI=1S/C62H70.C52H40N2O/c1-5-8-10-12-14-18-36-61(37-19-15-13-11-9-6-2)58-40-46(43(4)7-3)28-33-54(58)55-34-29-49(41-59(55)61)50-30-35-56-53-20-16-17-21-57(53)62(60(56)42-50,51-31-26-44-22-24-47(44)38-51)52-32-27-45-23-25-48(45)39-52;1-3-35(2)36-20-22-37(23-21-36)38-24-28-41(29-25-38)53(40-12-5-4-6-13-40)43-32-33-50-48(34-43)45-14-7-9-18-49(45)54(50)42-30-26-39(27-31-42)44-16-11-17-47-46-15-8-10-19-51(46)55-52(44)47/h16-17,20-21,26-35,38-43H,5-15,18-19,22-25,36-37H2,1-4H3;4-35H,3H2,1-2H3. The van der Waals surface area contributed by atoms with Crippen LogP contribution in [0.3, 0.4) is 0 Å². The SMILES string of the molecule is CCC(C)c1ccc(-c2ccc(N(c3ccccc3)c3ccc4c(c3)c3ccccc3n4-c3ccc(-c4cccc5c4oc4ccccc45)cc3)cc2)cc1.CCCCCCCCC1(CCCCCCCC)c2cc(-c3ccc4c(c3)C(c3ccc5c(c3)CC5)(c3ccc5c(c3)CC5)c3ccccc3-4)ccc2-c2ccc(C(C)CC)cc21. The van der Waals surface area contributed by atoms with E-state index in [1.54, 1.807) is 11.1 Å². The average molecular weight is 1520 g/mol. The fourth-order valence-corrected chi connectivity index (χ4v) is 20.6. The Bertz CT molecular complexity index is 6230. The molecular formula is C114H110N2O. The van der Waals surface area contributed by atoms with E-state index in [1.165, 1.54) is 244 Å². The molecule has 0 fully saturated rings. The summed E-state index contributed by atoms with van der Waals surface area (Å²) in [6.45, 7) is 14.0. The maximum atomic E-state index is 6.38. The van der Waals surface area contributed by atoms with E-state index in [1.807, 2.05) is 12.1 Å². The molecule has 2 aromatic heterocycles. The third-order valence-corrected chi connectivity index (χ3v) is 27.8. The molecule has 0 N–H and O–H groups in total. The van der Waals surface area contributed by atoms with Crippen LogP contribution in [0.25, 0.3) is 105 Å². The normalized spacial score (nSPS) is 14.2. The third kappa shape index (κ3) is 13.7. The van der Waals surface area contributed by atoms with Crippen molar-refractivity contribution in [3.63, 3.8) is 0 Å². The number of aromatic nitrogens is 1. The van der Waals surface area contributed by atoms with Gasteiger partial charge in [0.1, 0.15) is 11.2 Å². The molecule has 0 bridgehead atoms. The minimum atomic E-state index is -0.365. The van der Waals surface area contributed by atoms with Gasteiger partial charge in [-0.2, -0.15) is 0 Å². The summed E-state index contributed by atoms with van der Waals surface area (Å²) in [6.07, 6.45) is 25.7. The highest BCUT2D eigenvalue weighted by Crippen LogP contribution is 2.60. The van der Waals surface area contributed by atoms with E-state index in [2.05, 4.69) is 342 Å². The Labute approximate surface area is 694 Å². The van der Waals surface area contributed by atoms with Crippen LogP contribution in [0.5, 0.6) is 0 Å². The van der Waals surface area contributed by atoms with E-state index in [0.29, 0.717) is 11.8 Å². The second kappa shape index (κ2) is 32.5. The molecule has 117 heavy (non-hydrogen) atoms. The van der Waals surface area contributed by atoms with Crippen molar-refractivity contribution >= 4 is 60.8 Å². The number of benzene rings is 14. The predicted octanol–water partition coefficient (Wildman–Crippen LogP) is 32.2. The summed E-state index contributed by atoms with van der Waals surface area (Å²) >= 11 is 0. The summed E-state index contributed by atoms with van der Waals surface area (Å²) < 4.78 is 8.76. The second-order valence-electron chi connectivity index (χ2n) is 34.5. The average Bonchev–Trinajstić information content (AvgIpc) is 1.54. The van der Waals surface area contributed by atoms with Gasteiger partial charge in [-0.3, -0.25) is 0 Å². The van der Waals surface area contributed by atoms with Crippen molar-refractivity contribution in [2.24, 2.45) is 0 Å². The second-order valence-corrected chi connectivity index (χ2v) is 34.5. The number of para-hydroxylation sites is 4. The molecule has 0 spiro atoms. The number of unbranched alkanes of at least 4 members (excludes halogenated alkanes) is 10. The summed E-state index contributed by atoms with van der Waals surface area (Å²) in [5.41, 5.74) is 39.5. The fourth-order valence-electron chi connectivity index (χ4n) is 20.6. The number of furan rings is 1. The largest absolute Gasteiger partial charge is 0.455 e. The lowest BCUT2D eigenvalue weighted by atomic mass is 9.65. The van der Waals surface area contributed by atoms with Crippen molar-refractivity contribution in [2.75, 3.05) is 4.90 Å². The van der Waals surface area contributed by atoms with Crippen LogP contribution >= 0.6 is 0 Å². The number of hydrogen-bond donors (Lipinski definition) is 0. The van der Waals surface area contributed by atoms with Gasteiger partial charge in [0.25, 0.3) is 0 Å². The molecule has 0 saturated heterocycles. The summed E-state index contributed by atoms with van der Waals surface area (Å²) in [5, 5.41) is 4.72. The number of anilines is 3. The Morgan fingerprint density at radius 3 is 1.46 bits per heavy atom. The van der Waals surface area contributed by atoms with Crippen molar-refractivity contribution < 1.29 is 4.42 Å². The zero-order valence-electron chi connectivity index (χ0n) is 69.5. The lowest BCUT2D eigenvalue weighted by molar-refractivity contribution is 0.397. The topological polar surface area (TPSA) is 21.3 Å². The maximum absolute atomic E-state index is 6.38. The van der Waals surface area contributed by atoms with Gasteiger partial charge in [-0.15, -0.1) is 0 Å². The van der Waals surface area contributed by atoms with E-state index in [-0.39, 0.29) is 10.8 Å². The van der Waals surface area contributed by atoms with Crippen LogP contribution in [0.1, 0.15) is 223 Å². The Balaban J connectivity index is 0.000000157. The first-order chi connectivity index (χ1) is 57.6. The van der Waals surface area contributed by atoms with Crippen molar-refractivity contribution in [1.82, 2.24) is 4.57 Å². The molecule has 14 aromatic carbocycles. The van der Waals surface area contributed by atoms with Gasteiger partial charge in [-0.25, -0.2) is 0 Å². The minimum Gasteiger partial charge on any atom is -0.455 e. The molecule has 0 radical (unpaired) electrons. The van der Waals surface area contributed by atoms with E-state index < -0.39 is 0 Å². The maximum Gasteiger partial charge on any atom is 0.143 e. The zero-order chi connectivity index (χ0) is 79.1. The number of hydrogen-bond acceptors (Lipinski definition) is 2. The van der Waals surface area contributed by atoms with Gasteiger partial charge in [0.15, 0.2) is 0 Å². The molecule has 582 valence electrons. The summed E-state index contributed by atoms with van der Waals surface area (Å²) in [4.78, 5) is 2.36. The van der Waals surface area contributed by atoms with Gasteiger partial charge in [-0.1, -0.05) is 343 Å². The summed E-state index contributed by atoms with van der Waals surface area (Å²) in [5.74, 6) is 1.14. The molecule has 0 saturated carbocycles. The Kier molecular flexibility index (Phi) is 21.0. The molecule has 4 aliphatic rings. The van der Waals surface area contributed by atoms with Crippen molar-refractivity contribution in [1.29, 1.82) is 0 Å². The minimum absolute atomic E-state index is 0.0498. The van der Waals surface area contributed by atoms with Crippen LogP contribution in [0.2, 0.25) is 0 Å². The van der Waals surface area contributed by atoms with Gasteiger partial charge in [-0.05, 0) is 259 Å². The molecule has 0 amide bonds. The smallest absolute Gasteiger partial charge is 0.143 e. The van der Waals surface area contributed by atoms with Crippen LogP contribution in [-0.4, -0.2) is 4.57 Å². The zero-order valence-corrected chi connectivity index (χ0v) is 69.5. The first-order valence-electron chi connectivity index (χ1n) is 44.5. The Morgan fingerprint density at radius 2 is 0.812 bits per heavy atom. The number of aryl methyl sites for hydroxylation is 4. The molecule has 2 heterocycles. The quantitative estimate of drug-likeness (QED) is 0.0479. The van der Waals surface area contributed by atoms with E-state index in [9.17, 15) is 0 Å². The van der Waals surface area contributed by atoms with Gasteiger partial charge in [0.2, 0.25) is 0 Å².